The molecule has 1 rings (SSSR count). The maximum atomic E-state index is 12.8. The highest BCUT2D eigenvalue weighted by Gasteiger charge is 2.48. The Morgan fingerprint density at radius 2 is 1.59 bits per heavy atom. The number of rotatable bonds is 2. The highest BCUT2D eigenvalue weighted by Crippen LogP contribution is 2.40. The molecule has 0 aliphatic carbocycles. The lowest BCUT2D eigenvalue weighted by atomic mass is 9.83. The van der Waals surface area contributed by atoms with Gasteiger partial charge in [0.1, 0.15) is 0 Å². The Kier molecular flexibility index (Phi) is 3.50. The third-order valence-electron chi connectivity index (χ3n) is 2.74. The van der Waals surface area contributed by atoms with Crippen LogP contribution in [0.15, 0.2) is 24.3 Å². The summed E-state index contributed by atoms with van der Waals surface area (Å²) in [6.45, 7) is 2.19. The Morgan fingerprint density at radius 3 is 1.94 bits per heavy atom. The fourth-order valence-electron chi connectivity index (χ4n) is 1.30. The number of esters is 1. The average Bonchev–Trinajstić information content (AvgIpc) is 2.26. The Labute approximate surface area is 97.4 Å². The van der Waals surface area contributed by atoms with Gasteiger partial charge in [-0.3, -0.25) is 0 Å². The summed E-state index contributed by atoms with van der Waals surface area (Å²) in [7, 11) is 1.22. The molecular formula is C12H13F3O2. The molecule has 0 radical (unpaired) electrons. The van der Waals surface area contributed by atoms with Crippen molar-refractivity contribution in [3.8, 4) is 0 Å². The van der Waals surface area contributed by atoms with Gasteiger partial charge in [-0.1, -0.05) is 12.1 Å². The van der Waals surface area contributed by atoms with Crippen molar-refractivity contribution in [2.75, 3.05) is 7.11 Å². The molecule has 0 fully saturated rings. The molecule has 94 valence electrons. The molecule has 2 nitrogen and oxygen atoms in total. The quantitative estimate of drug-likeness (QED) is 0.748. The summed E-state index contributed by atoms with van der Waals surface area (Å²) in [5.74, 6) is -0.568. The highest BCUT2D eigenvalue weighted by atomic mass is 19.4. The molecule has 5 heteroatoms. The molecular weight excluding hydrogens is 233 g/mol. The molecule has 0 aliphatic heterocycles. The van der Waals surface area contributed by atoms with Gasteiger partial charge in [-0.15, -0.1) is 0 Å². The van der Waals surface area contributed by atoms with E-state index >= 15 is 0 Å². The van der Waals surface area contributed by atoms with Gasteiger partial charge < -0.3 is 4.74 Å². The van der Waals surface area contributed by atoms with E-state index in [1.807, 2.05) is 0 Å². The molecule has 0 heterocycles. The summed E-state index contributed by atoms with van der Waals surface area (Å²) in [6.07, 6.45) is -4.33. The topological polar surface area (TPSA) is 26.3 Å². The van der Waals surface area contributed by atoms with Crippen LogP contribution in [0, 0.1) is 0 Å². The van der Waals surface area contributed by atoms with Crippen LogP contribution in [0.4, 0.5) is 13.2 Å². The molecule has 1 aromatic carbocycles. The van der Waals surface area contributed by atoms with Crippen molar-refractivity contribution in [1.82, 2.24) is 0 Å². The zero-order valence-corrected chi connectivity index (χ0v) is 9.76. The number of halogens is 3. The number of hydrogen-bond acceptors (Lipinski definition) is 2. The van der Waals surface area contributed by atoms with Gasteiger partial charge in [0.05, 0.1) is 18.1 Å². The average molecular weight is 246 g/mol. The molecule has 17 heavy (non-hydrogen) atoms. The van der Waals surface area contributed by atoms with Crippen LogP contribution >= 0.6 is 0 Å². The number of ether oxygens (including phenoxy) is 1. The number of alkyl halides is 3. The standard InChI is InChI=1S/C12H13F3O2/c1-11(2,12(13,14)15)9-6-4-8(5-7-9)10(16)17-3/h4-7H,1-3H3. The van der Waals surface area contributed by atoms with E-state index in [9.17, 15) is 18.0 Å². The monoisotopic (exact) mass is 246 g/mol. The molecule has 0 aromatic heterocycles. The summed E-state index contributed by atoms with van der Waals surface area (Å²) < 4.78 is 42.7. The number of methoxy groups -OCH3 is 1. The van der Waals surface area contributed by atoms with Crippen molar-refractivity contribution in [3.63, 3.8) is 0 Å². The first kappa shape index (κ1) is 13.5. The third-order valence-corrected chi connectivity index (χ3v) is 2.74. The summed E-state index contributed by atoms with van der Waals surface area (Å²) >= 11 is 0. The second kappa shape index (κ2) is 4.39. The van der Waals surface area contributed by atoms with Gasteiger partial charge in [0, 0.05) is 0 Å². The van der Waals surface area contributed by atoms with E-state index in [2.05, 4.69) is 4.74 Å². The normalized spacial score (nSPS) is 12.4. The Balaban J connectivity index is 3.07. The second-order valence-corrected chi connectivity index (χ2v) is 4.19. The highest BCUT2D eigenvalue weighted by molar-refractivity contribution is 5.89. The van der Waals surface area contributed by atoms with E-state index in [1.165, 1.54) is 31.4 Å². The summed E-state index contributed by atoms with van der Waals surface area (Å²) in [5.41, 5.74) is -1.60. The predicted molar refractivity (Wildman–Crippen MR) is 56.9 cm³/mol. The van der Waals surface area contributed by atoms with E-state index in [4.69, 9.17) is 0 Å². The molecule has 0 bridgehead atoms. The fraction of sp³-hybridized carbons (Fsp3) is 0.417. The minimum absolute atomic E-state index is 0.109. The van der Waals surface area contributed by atoms with Crippen molar-refractivity contribution in [2.45, 2.75) is 25.4 Å². The van der Waals surface area contributed by atoms with E-state index in [-0.39, 0.29) is 11.1 Å². The van der Waals surface area contributed by atoms with Crippen LogP contribution in [-0.2, 0) is 10.2 Å². The maximum Gasteiger partial charge on any atom is 0.397 e. The van der Waals surface area contributed by atoms with Crippen LogP contribution in [0.5, 0.6) is 0 Å². The van der Waals surface area contributed by atoms with Gasteiger partial charge in [-0.25, -0.2) is 4.79 Å². The third kappa shape index (κ3) is 2.60. The van der Waals surface area contributed by atoms with Crippen molar-refractivity contribution in [1.29, 1.82) is 0 Å². The molecule has 0 aliphatic rings. The lowest BCUT2D eigenvalue weighted by molar-refractivity contribution is -0.180. The molecule has 0 spiro atoms. The largest absolute Gasteiger partial charge is 0.465 e. The van der Waals surface area contributed by atoms with Gasteiger partial charge in [-0.2, -0.15) is 13.2 Å². The van der Waals surface area contributed by atoms with E-state index in [1.54, 1.807) is 0 Å². The van der Waals surface area contributed by atoms with Crippen LogP contribution in [0.3, 0.4) is 0 Å². The van der Waals surface area contributed by atoms with Crippen molar-refractivity contribution < 1.29 is 22.7 Å². The molecule has 0 N–H and O–H groups in total. The number of benzene rings is 1. The first-order chi connectivity index (χ1) is 7.70. The summed E-state index contributed by atoms with van der Waals surface area (Å²) in [4.78, 5) is 11.1. The van der Waals surface area contributed by atoms with Gasteiger partial charge in [-0.05, 0) is 31.5 Å². The minimum atomic E-state index is -4.33. The van der Waals surface area contributed by atoms with Crippen LogP contribution < -0.4 is 0 Å². The summed E-state index contributed by atoms with van der Waals surface area (Å²) in [5, 5.41) is 0. The Hall–Kier alpha value is -1.52. The predicted octanol–water partition coefficient (Wildman–Crippen LogP) is 3.31. The SMILES string of the molecule is COC(=O)c1ccc(C(C)(C)C(F)(F)F)cc1. The Morgan fingerprint density at radius 1 is 1.12 bits per heavy atom. The molecule has 0 amide bonds. The van der Waals surface area contributed by atoms with Crippen molar-refractivity contribution in [2.24, 2.45) is 0 Å². The van der Waals surface area contributed by atoms with Crippen LogP contribution in [0.2, 0.25) is 0 Å². The molecule has 0 unspecified atom stereocenters. The van der Waals surface area contributed by atoms with Gasteiger partial charge in [0.15, 0.2) is 0 Å². The molecule has 0 atom stereocenters. The molecule has 0 saturated carbocycles. The summed E-state index contributed by atoms with van der Waals surface area (Å²) in [6, 6.07) is 5.24. The van der Waals surface area contributed by atoms with E-state index in [0.717, 1.165) is 13.8 Å². The van der Waals surface area contributed by atoms with Gasteiger partial charge >= 0.3 is 12.1 Å². The van der Waals surface area contributed by atoms with E-state index < -0.39 is 17.6 Å². The van der Waals surface area contributed by atoms with Crippen molar-refractivity contribution in [3.05, 3.63) is 35.4 Å². The smallest absolute Gasteiger partial charge is 0.397 e. The maximum absolute atomic E-state index is 12.8. The van der Waals surface area contributed by atoms with Gasteiger partial charge in [0.2, 0.25) is 0 Å². The zero-order chi connectivity index (χ0) is 13.3. The lowest BCUT2D eigenvalue weighted by Gasteiger charge is -2.28. The first-order valence-corrected chi connectivity index (χ1v) is 4.95. The van der Waals surface area contributed by atoms with Crippen LogP contribution in [0.25, 0.3) is 0 Å². The Bertz CT molecular complexity index is 405. The van der Waals surface area contributed by atoms with Crippen molar-refractivity contribution >= 4 is 5.97 Å². The van der Waals surface area contributed by atoms with E-state index in [0.29, 0.717) is 0 Å². The fourth-order valence-corrected chi connectivity index (χ4v) is 1.30. The van der Waals surface area contributed by atoms with Crippen LogP contribution in [0.1, 0.15) is 29.8 Å². The lowest BCUT2D eigenvalue weighted by Crippen LogP contribution is -2.36. The van der Waals surface area contributed by atoms with Crippen LogP contribution in [-0.4, -0.2) is 19.3 Å². The first-order valence-electron chi connectivity index (χ1n) is 4.95. The second-order valence-electron chi connectivity index (χ2n) is 4.19. The molecule has 0 saturated heterocycles. The number of carbonyl (C=O) groups excluding carboxylic acids is 1. The minimum Gasteiger partial charge on any atom is -0.465 e. The van der Waals surface area contributed by atoms with Gasteiger partial charge in [0.25, 0.3) is 0 Å². The zero-order valence-electron chi connectivity index (χ0n) is 9.76. The number of hydrogen-bond donors (Lipinski definition) is 0. The number of carbonyl (C=O) groups is 1. The molecule has 1 aromatic rings.